The molecule has 1 saturated carbocycles. The summed E-state index contributed by atoms with van der Waals surface area (Å²) in [4.78, 5) is 37.4. The zero-order valence-electron chi connectivity index (χ0n) is 18.6. The maximum Gasteiger partial charge on any atom is 0.274 e. The van der Waals surface area contributed by atoms with Gasteiger partial charge in [-0.1, -0.05) is 44.7 Å². The van der Waals surface area contributed by atoms with E-state index in [0.29, 0.717) is 13.1 Å². The summed E-state index contributed by atoms with van der Waals surface area (Å²) in [5.74, 6) is -0.940. The van der Waals surface area contributed by atoms with Crippen LogP contribution < -0.4 is 16.0 Å². The van der Waals surface area contributed by atoms with E-state index in [4.69, 9.17) is 4.74 Å². The van der Waals surface area contributed by atoms with Crippen LogP contribution in [0.15, 0.2) is 0 Å². The molecule has 0 spiro atoms. The normalized spacial score (nSPS) is 19.2. The molecule has 1 aromatic heterocycles. The van der Waals surface area contributed by atoms with Gasteiger partial charge in [0.05, 0.1) is 12.6 Å². The van der Waals surface area contributed by atoms with Crippen LogP contribution in [-0.2, 0) is 16.1 Å². The fourth-order valence-corrected chi connectivity index (χ4v) is 3.97. The number of carbonyl (C=O) groups is 3. The van der Waals surface area contributed by atoms with Gasteiger partial charge in [-0.3, -0.25) is 14.4 Å². The largest absolute Gasteiger partial charge is 0.365 e. The first-order chi connectivity index (χ1) is 14.9. The average Bonchev–Trinajstić information content (AvgIpc) is 3.02. The number of fused-ring (bicyclic) bond motifs is 1. The molecule has 0 aromatic carbocycles. The number of nitrogens with zero attached hydrogens (tertiary/aromatic N) is 3. The van der Waals surface area contributed by atoms with Gasteiger partial charge in [0, 0.05) is 19.1 Å². The first-order valence-corrected chi connectivity index (χ1v) is 11.3. The van der Waals surface area contributed by atoms with E-state index in [0.717, 1.165) is 25.7 Å². The Balaban J connectivity index is 1.53. The highest BCUT2D eigenvalue weighted by Gasteiger charge is 2.29. The van der Waals surface area contributed by atoms with Crippen molar-refractivity contribution >= 4 is 17.7 Å². The van der Waals surface area contributed by atoms with E-state index in [1.807, 2.05) is 13.8 Å². The van der Waals surface area contributed by atoms with E-state index >= 15 is 0 Å². The number of ether oxygens (including phenoxy) is 1. The maximum absolute atomic E-state index is 12.7. The molecule has 1 aliphatic carbocycles. The number of nitrogens with one attached hydrogen (secondary N) is 3. The van der Waals surface area contributed by atoms with Gasteiger partial charge in [0.2, 0.25) is 5.91 Å². The Morgan fingerprint density at radius 1 is 1.19 bits per heavy atom. The molecule has 3 rings (SSSR count). The van der Waals surface area contributed by atoms with Crippen molar-refractivity contribution in [2.45, 2.75) is 84.1 Å². The van der Waals surface area contributed by atoms with Crippen LogP contribution in [0.2, 0.25) is 0 Å². The second-order valence-electron chi connectivity index (χ2n) is 8.73. The zero-order chi connectivity index (χ0) is 22.4. The summed E-state index contributed by atoms with van der Waals surface area (Å²) in [7, 11) is 0. The van der Waals surface area contributed by atoms with Gasteiger partial charge in [-0.25, -0.2) is 4.68 Å². The van der Waals surface area contributed by atoms with Crippen molar-refractivity contribution < 1.29 is 19.1 Å². The van der Waals surface area contributed by atoms with Gasteiger partial charge < -0.3 is 20.7 Å². The Bertz CT molecular complexity index is 785. The highest BCUT2D eigenvalue weighted by atomic mass is 16.5. The first-order valence-electron chi connectivity index (χ1n) is 11.3. The van der Waals surface area contributed by atoms with Gasteiger partial charge in [0.25, 0.3) is 11.8 Å². The summed E-state index contributed by atoms with van der Waals surface area (Å²) < 4.78 is 7.44. The van der Waals surface area contributed by atoms with Crippen molar-refractivity contribution in [2.75, 3.05) is 13.1 Å². The molecule has 3 amide bonds. The van der Waals surface area contributed by atoms with Gasteiger partial charge >= 0.3 is 0 Å². The van der Waals surface area contributed by atoms with Crippen molar-refractivity contribution in [3.63, 3.8) is 0 Å². The number of hydrogen-bond donors (Lipinski definition) is 3. The summed E-state index contributed by atoms with van der Waals surface area (Å²) in [6.45, 7) is 6.87. The molecule has 1 aliphatic heterocycles. The van der Waals surface area contributed by atoms with Crippen molar-refractivity contribution in [3.8, 4) is 0 Å². The molecule has 2 aliphatic rings. The van der Waals surface area contributed by atoms with Crippen LogP contribution in [0.25, 0.3) is 0 Å². The molecule has 2 heterocycles. The third-order valence-corrected chi connectivity index (χ3v) is 5.96. The second-order valence-corrected chi connectivity index (χ2v) is 8.73. The van der Waals surface area contributed by atoms with Crippen LogP contribution in [0, 0.1) is 5.92 Å². The molecule has 10 nitrogen and oxygen atoms in total. The predicted molar refractivity (Wildman–Crippen MR) is 113 cm³/mol. The lowest BCUT2D eigenvalue weighted by molar-refractivity contribution is -0.136. The molecule has 1 aromatic rings. The molecule has 2 unspecified atom stereocenters. The number of hydrogen-bond acceptors (Lipinski definition) is 6. The first kappa shape index (κ1) is 23.2. The van der Waals surface area contributed by atoms with Gasteiger partial charge in [-0.15, -0.1) is 5.10 Å². The lowest BCUT2D eigenvalue weighted by atomic mass is 10.0. The van der Waals surface area contributed by atoms with Crippen molar-refractivity contribution in [3.05, 3.63) is 11.4 Å². The SMILES string of the molecule is CC(OC1CCCCCC1)C(=O)NC(CNC(=O)c1nnn2c1C(=O)NCC2)C(C)C. The summed E-state index contributed by atoms with van der Waals surface area (Å²) >= 11 is 0. The highest BCUT2D eigenvalue weighted by Crippen LogP contribution is 2.21. The molecule has 172 valence electrons. The van der Waals surface area contributed by atoms with Crippen LogP contribution >= 0.6 is 0 Å². The van der Waals surface area contributed by atoms with E-state index < -0.39 is 12.0 Å². The lowest BCUT2D eigenvalue weighted by Gasteiger charge is -2.26. The van der Waals surface area contributed by atoms with E-state index in [1.54, 1.807) is 6.92 Å². The van der Waals surface area contributed by atoms with Gasteiger partial charge in [0.1, 0.15) is 6.10 Å². The number of carbonyl (C=O) groups excluding carboxylic acids is 3. The van der Waals surface area contributed by atoms with Crippen molar-refractivity contribution in [2.24, 2.45) is 5.92 Å². The van der Waals surface area contributed by atoms with Crippen LogP contribution in [0.1, 0.15) is 80.3 Å². The van der Waals surface area contributed by atoms with Crippen LogP contribution in [-0.4, -0.2) is 64.1 Å². The van der Waals surface area contributed by atoms with Gasteiger partial charge in [-0.05, 0) is 25.7 Å². The molecule has 0 bridgehead atoms. The molecular weight excluding hydrogens is 400 g/mol. The average molecular weight is 435 g/mol. The maximum atomic E-state index is 12.7. The third kappa shape index (κ3) is 6.03. The van der Waals surface area contributed by atoms with E-state index in [1.165, 1.54) is 17.5 Å². The lowest BCUT2D eigenvalue weighted by Crippen LogP contribution is -2.50. The van der Waals surface area contributed by atoms with E-state index in [9.17, 15) is 14.4 Å². The van der Waals surface area contributed by atoms with E-state index in [2.05, 4.69) is 26.3 Å². The van der Waals surface area contributed by atoms with Crippen LogP contribution in [0.3, 0.4) is 0 Å². The van der Waals surface area contributed by atoms with E-state index in [-0.39, 0.29) is 47.8 Å². The summed E-state index contributed by atoms with van der Waals surface area (Å²) in [5.41, 5.74) is 0.162. The molecule has 2 atom stereocenters. The number of aromatic nitrogens is 3. The van der Waals surface area contributed by atoms with Crippen molar-refractivity contribution in [1.29, 1.82) is 0 Å². The zero-order valence-corrected chi connectivity index (χ0v) is 18.6. The quantitative estimate of drug-likeness (QED) is 0.524. The number of amides is 3. The molecule has 1 fully saturated rings. The Kier molecular flexibility index (Phi) is 8.00. The highest BCUT2D eigenvalue weighted by molar-refractivity contribution is 6.05. The van der Waals surface area contributed by atoms with Gasteiger partial charge in [0.15, 0.2) is 11.4 Å². The minimum atomic E-state index is -0.548. The standard InChI is InChI=1S/C21H34N6O4/c1-13(2)16(24-19(28)14(3)31-15-8-6-4-5-7-9-15)12-23-20(29)17-18-21(30)22-10-11-27(18)26-25-17/h13-16H,4-12H2,1-3H3,(H,22,30)(H,23,29)(H,24,28). The minimum Gasteiger partial charge on any atom is -0.365 e. The Labute approximate surface area is 182 Å². The molecule has 0 radical (unpaired) electrons. The van der Waals surface area contributed by atoms with Crippen molar-refractivity contribution in [1.82, 2.24) is 30.9 Å². The fourth-order valence-electron chi connectivity index (χ4n) is 3.97. The topological polar surface area (TPSA) is 127 Å². The molecule has 0 saturated heterocycles. The third-order valence-electron chi connectivity index (χ3n) is 5.96. The summed E-state index contributed by atoms with van der Waals surface area (Å²) in [5, 5.41) is 16.2. The Morgan fingerprint density at radius 2 is 1.90 bits per heavy atom. The Morgan fingerprint density at radius 3 is 2.58 bits per heavy atom. The van der Waals surface area contributed by atoms with Crippen LogP contribution in [0.5, 0.6) is 0 Å². The van der Waals surface area contributed by atoms with Gasteiger partial charge in [-0.2, -0.15) is 0 Å². The fraction of sp³-hybridized carbons (Fsp3) is 0.762. The second kappa shape index (κ2) is 10.7. The van der Waals surface area contributed by atoms with Crippen LogP contribution in [0.4, 0.5) is 0 Å². The smallest absolute Gasteiger partial charge is 0.274 e. The number of rotatable bonds is 8. The summed E-state index contributed by atoms with van der Waals surface area (Å²) in [6.07, 6.45) is 6.32. The molecule has 31 heavy (non-hydrogen) atoms. The molecule has 3 N–H and O–H groups in total. The summed E-state index contributed by atoms with van der Waals surface area (Å²) in [6, 6.07) is -0.281. The minimum absolute atomic E-state index is 0.00361. The Hall–Kier alpha value is -2.49. The predicted octanol–water partition coefficient (Wildman–Crippen LogP) is 1.02. The monoisotopic (exact) mass is 434 g/mol. The molecule has 10 heteroatoms. The molecular formula is C21H34N6O4.